The van der Waals surface area contributed by atoms with Gasteiger partial charge in [-0.05, 0) is 48.9 Å². The van der Waals surface area contributed by atoms with E-state index < -0.39 is 12.0 Å². The zero-order valence-electron chi connectivity index (χ0n) is 16.8. The number of esters is 1. The van der Waals surface area contributed by atoms with Crippen molar-refractivity contribution in [2.75, 3.05) is 26.2 Å². The normalized spacial score (nSPS) is 18.7. The number of carbonyl (C=O) groups excluding carboxylic acids is 2. The molecule has 0 bridgehead atoms. The second-order valence-electron chi connectivity index (χ2n) is 6.60. The Morgan fingerprint density at radius 1 is 0.966 bits per heavy atom. The fourth-order valence-corrected chi connectivity index (χ4v) is 3.33. The van der Waals surface area contributed by atoms with Gasteiger partial charge < -0.3 is 24.4 Å². The van der Waals surface area contributed by atoms with Crippen molar-refractivity contribution >= 4 is 17.6 Å². The van der Waals surface area contributed by atoms with Gasteiger partial charge in [0.05, 0.1) is 27.4 Å². The zero-order valence-corrected chi connectivity index (χ0v) is 16.8. The molecule has 29 heavy (non-hydrogen) atoms. The minimum absolute atomic E-state index is 0.0893. The van der Waals surface area contributed by atoms with Gasteiger partial charge >= 0.3 is 5.97 Å². The van der Waals surface area contributed by atoms with Gasteiger partial charge in [0.2, 0.25) is 0 Å². The summed E-state index contributed by atoms with van der Waals surface area (Å²) in [5.41, 5.74) is 2.27. The highest BCUT2D eigenvalue weighted by Gasteiger charge is 2.49. The minimum atomic E-state index is -0.508. The van der Waals surface area contributed by atoms with Gasteiger partial charge in [0.25, 0.3) is 5.91 Å². The lowest BCUT2D eigenvalue weighted by Crippen LogP contribution is -2.64. The summed E-state index contributed by atoms with van der Waals surface area (Å²) in [6, 6.07) is 14.2. The van der Waals surface area contributed by atoms with E-state index in [-0.39, 0.29) is 11.9 Å². The quantitative estimate of drug-likeness (QED) is 0.441. The summed E-state index contributed by atoms with van der Waals surface area (Å²) in [4.78, 5) is 26.2. The fraction of sp³-hybridized carbons (Fsp3) is 0.273. The number of amides is 1. The van der Waals surface area contributed by atoms with Crippen molar-refractivity contribution in [3.05, 3.63) is 65.9 Å². The predicted molar refractivity (Wildman–Crippen MR) is 109 cm³/mol. The zero-order chi connectivity index (χ0) is 21.0. The molecule has 0 aromatic heterocycles. The lowest BCUT2D eigenvalue weighted by molar-refractivity contribution is -0.135. The van der Waals surface area contributed by atoms with Crippen molar-refractivity contribution in [2.45, 2.75) is 19.0 Å². The van der Waals surface area contributed by atoms with Crippen molar-refractivity contribution in [3.8, 4) is 11.5 Å². The molecule has 0 spiro atoms. The molecule has 2 unspecified atom stereocenters. The number of carbonyl (C=O) groups is 2. The summed E-state index contributed by atoms with van der Waals surface area (Å²) in [6.45, 7) is 1.73. The average Bonchev–Trinajstić information content (AvgIpc) is 2.75. The summed E-state index contributed by atoms with van der Waals surface area (Å²) >= 11 is 0. The molecule has 1 amide bonds. The van der Waals surface area contributed by atoms with E-state index in [0.29, 0.717) is 11.4 Å². The van der Waals surface area contributed by atoms with Crippen LogP contribution in [0.2, 0.25) is 0 Å². The van der Waals surface area contributed by atoms with Gasteiger partial charge in [-0.2, -0.15) is 0 Å². The predicted octanol–water partition coefficient (Wildman–Crippen LogP) is 2.83. The van der Waals surface area contributed by atoms with Gasteiger partial charge in [-0.15, -0.1) is 0 Å². The van der Waals surface area contributed by atoms with Gasteiger partial charge in [0, 0.05) is 17.5 Å². The van der Waals surface area contributed by atoms with Crippen LogP contribution >= 0.6 is 0 Å². The van der Waals surface area contributed by atoms with Crippen LogP contribution in [0.15, 0.2) is 60.3 Å². The Morgan fingerprint density at radius 3 is 2.03 bits per heavy atom. The number of nitrogens with one attached hydrogen (secondary N) is 1. The maximum Gasteiger partial charge on any atom is 0.332 e. The summed E-state index contributed by atoms with van der Waals surface area (Å²) in [6.07, 6.45) is 1.33. The number of benzene rings is 2. The standard InChI is InChI=1S/C22H24N2O5/c1-14(13-19(25)29-4)23-20-21(15-5-9-17(27-2)10-6-15)24(22(20)26)16-7-11-18(28-3)12-8-16/h5-13,20-21,23H,1-4H3/b14-13+. The summed E-state index contributed by atoms with van der Waals surface area (Å²) in [5.74, 6) is 0.888. The van der Waals surface area contributed by atoms with Crippen molar-refractivity contribution in [1.82, 2.24) is 5.32 Å². The van der Waals surface area contributed by atoms with Crippen LogP contribution < -0.4 is 19.7 Å². The van der Waals surface area contributed by atoms with Crippen LogP contribution in [0.3, 0.4) is 0 Å². The first-order valence-electron chi connectivity index (χ1n) is 9.12. The molecule has 3 rings (SSSR count). The molecule has 1 saturated heterocycles. The lowest BCUT2D eigenvalue weighted by Gasteiger charge is -2.48. The first-order valence-corrected chi connectivity index (χ1v) is 9.12. The highest BCUT2D eigenvalue weighted by Crippen LogP contribution is 2.40. The fourth-order valence-electron chi connectivity index (χ4n) is 3.33. The molecule has 1 aliphatic heterocycles. The van der Waals surface area contributed by atoms with E-state index in [1.54, 1.807) is 26.0 Å². The number of ether oxygens (including phenoxy) is 3. The van der Waals surface area contributed by atoms with Crippen LogP contribution in [0.1, 0.15) is 18.5 Å². The number of hydrogen-bond acceptors (Lipinski definition) is 6. The van der Waals surface area contributed by atoms with Crippen LogP contribution in [-0.2, 0) is 14.3 Å². The van der Waals surface area contributed by atoms with Crippen LogP contribution in [0, 0.1) is 0 Å². The number of methoxy groups -OCH3 is 3. The Balaban J connectivity index is 1.91. The van der Waals surface area contributed by atoms with Crippen LogP contribution in [-0.4, -0.2) is 39.2 Å². The number of β-lactam (4-membered cyclic amide) rings is 1. The lowest BCUT2D eigenvalue weighted by atomic mass is 9.87. The Bertz CT molecular complexity index is 906. The molecule has 1 fully saturated rings. The maximum absolute atomic E-state index is 13.0. The molecule has 2 aromatic rings. The van der Waals surface area contributed by atoms with Gasteiger partial charge in [-0.25, -0.2) is 4.79 Å². The Kier molecular flexibility index (Phi) is 6.07. The van der Waals surface area contributed by atoms with Crippen molar-refractivity contribution < 1.29 is 23.8 Å². The molecule has 152 valence electrons. The van der Waals surface area contributed by atoms with Gasteiger partial charge in [0.1, 0.15) is 17.5 Å². The molecule has 7 nitrogen and oxygen atoms in total. The first-order chi connectivity index (χ1) is 14.0. The van der Waals surface area contributed by atoms with E-state index in [4.69, 9.17) is 9.47 Å². The SMILES string of the molecule is COC(=O)/C=C(\C)NC1C(=O)N(c2ccc(OC)cc2)C1c1ccc(OC)cc1. The van der Waals surface area contributed by atoms with E-state index >= 15 is 0 Å². The Hall–Kier alpha value is -3.48. The van der Waals surface area contributed by atoms with Crippen LogP contribution in [0.4, 0.5) is 5.69 Å². The third-order valence-corrected chi connectivity index (χ3v) is 4.82. The van der Waals surface area contributed by atoms with Gasteiger partial charge in [0.15, 0.2) is 0 Å². The molecule has 0 saturated carbocycles. The number of hydrogen-bond donors (Lipinski definition) is 1. The second kappa shape index (κ2) is 8.68. The molecule has 0 radical (unpaired) electrons. The molecule has 2 aromatic carbocycles. The topological polar surface area (TPSA) is 77.1 Å². The summed E-state index contributed by atoms with van der Waals surface area (Å²) in [5, 5.41) is 3.14. The maximum atomic E-state index is 13.0. The largest absolute Gasteiger partial charge is 0.497 e. The van der Waals surface area contributed by atoms with E-state index in [1.165, 1.54) is 13.2 Å². The number of rotatable bonds is 7. The van der Waals surface area contributed by atoms with Crippen molar-refractivity contribution in [1.29, 1.82) is 0 Å². The average molecular weight is 396 g/mol. The third kappa shape index (κ3) is 4.18. The number of nitrogens with zero attached hydrogens (tertiary/aromatic N) is 1. The summed E-state index contributed by atoms with van der Waals surface area (Å²) < 4.78 is 15.1. The molecule has 1 heterocycles. The number of allylic oxidation sites excluding steroid dienone is 1. The van der Waals surface area contributed by atoms with Crippen LogP contribution in [0.25, 0.3) is 0 Å². The number of anilines is 1. The van der Waals surface area contributed by atoms with Crippen molar-refractivity contribution in [3.63, 3.8) is 0 Å². The van der Waals surface area contributed by atoms with E-state index in [2.05, 4.69) is 10.1 Å². The third-order valence-electron chi connectivity index (χ3n) is 4.82. The van der Waals surface area contributed by atoms with E-state index in [1.807, 2.05) is 48.5 Å². The molecule has 0 aliphatic carbocycles. The molecule has 2 atom stereocenters. The Morgan fingerprint density at radius 2 is 1.52 bits per heavy atom. The first kappa shape index (κ1) is 20.3. The van der Waals surface area contributed by atoms with Gasteiger partial charge in [-0.3, -0.25) is 4.79 Å². The molecule has 1 aliphatic rings. The summed E-state index contributed by atoms with van der Waals surface area (Å²) in [7, 11) is 4.52. The molecular formula is C22H24N2O5. The van der Waals surface area contributed by atoms with Crippen molar-refractivity contribution in [2.24, 2.45) is 0 Å². The second-order valence-corrected chi connectivity index (χ2v) is 6.60. The van der Waals surface area contributed by atoms with Gasteiger partial charge in [-0.1, -0.05) is 12.1 Å². The minimum Gasteiger partial charge on any atom is -0.497 e. The van der Waals surface area contributed by atoms with Crippen LogP contribution in [0.5, 0.6) is 11.5 Å². The van der Waals surface area contributed by atoms with E-state index in [0.717, 1.165) is 17.0 Å². The Labute approximate surface area is 169 Å². The highest BCUT2D eigenvalue weighted by molar-refractivity contribution is 6.06. The van der Waals surface area contributed by atoms with E-state index in [9.17, 15) is 9.59 Å². The smallest absolute Gasteiger partial charge is 0.332 e. The molecule has 7 heteroatoms. The monoisotopic (exact) mass is 396 g/mol. The molecule has 1 N–H and O–H groups in total. The highest BCUT2D eigenvalue weighted by atomic mass is 16.5. The molecular weight excluding hydrogens is 372 g/mol.